The first kappa shape index (κ1) is 111. The van der Waals surface area contributed by atoms with Crippen LogP contribution in [0.15, 0.2) is 157 Å². The lowest BCUT2D eigenvalue weighted by Gasteiger charge is -2.47. The Morgan fingerprint density at radius 2 is 0.780 bits per heavy atom. The van der Waals surface area contributed by atoms with Crippen LogP contribution < -0.4 is 16.4 Å². The SMILES string of the molecule is C=CC(=O)Cl.C=CC(=O)N1C[C@H](C)N(C2=NC(=O)C(C3CC3)(C3CC3)c3nc(-c4ccccc4F)c(Cl)cc32)C[C@H]1C.C[C@@H]1CN(C2=NC(=O)C(C3CC3)(C3CC3)c3nc(-c4ccccc4F)c(Cl)cc32)[C@@H](C)CN1C(=O)OC(C)(C)C.C[C@@H]1CN[C@@H](C)CN1C(=O)OC(C)(C)C.N#CC(C1CC1)C1CC1.NC(=O)c1cc(Cl)c(-c2ccccc2F)nc1Cl.O=C1NC(=O)C(C2CC2)(C2CC2)c2nc(-c3ccccc3F)c(Cl)cc21. The zero-order valence-electron chi connectivity index (χ0n) is 86.0. The highest BCUT2D eigenvalue weighted by molar-refractivity contribution is 6.66. The molecule has 8 saturated carbocycles. The largest absolute Gasteiger partial charge is 0.444 e. The molecule has 8 amide bonds. The van der Waals surface area contributed by atoms with Crippen LogP contribution in [0.5, 0.6) is 0 Å². The van der Waals surface area contributed by atoms with Crippen molar-refractivity contribution in [1.82, 2.24) is 55.1 Å². The topological polar surface area (TPSA) is 338 Å². The van der Waals surface area contributed by atoms with Crippen molar-refractivity contribution in [2.45, 2.75) is 250 Å². The van der Waals surface area contributed by atoms with Gasteiger partial charge in [-0.25, -0.2) is 47.1 Å². The summed E-state index contributed by atoms with van der Waals surface area (Å²) in [7, 11) is 0. The molecule has 11 fully saturated rings. The molecule has 10 heterocycles. The van der Waals surface area contributed by atoms with E-state index in [1.807, 2.05) is 88.3 Å². The van der Waals surface area contributed by atoms with E-state index in [4.69, 9.17) is 110 Å². The van der Waals surface area contributed by atoms with Crippen LogP contribution in [0.25, 0.3) is 45.0 Å². The van der Waals surface area contributed by atoms with Crippen LogP contribution in [0, 0.1) is 87.9 Å². The van der Waals surface area contributed by atoms with Gasteiger partial charge in [0.15, 0.2) is 0 Å². The molecule has 0 unspecified atom stereocenters. The first-order chi connectivity index (χ1) is 71.2. The minimum Gasteiger partial charge on any atom is -0.444 e. The highest BCUT2D eigenvalue weighted by atomic mass is 35.5. The van der Waals surface area contributed by atoms with Gasteiger partial charge in [0.25, 0.3) is 23.6 Å². The van der Waals surface area contributed by atoms with Crippen molar-refractivity contribution in [3.05, 3.63) is 234 Å². The second-order valence-electron chi connectivity index (χ2n) is 43.8. The third-order valence-electron chi connectivity index (χ3n) is 30.2. The quantitative estimate of drug-likeness (QED) is 0.0282. The van der Waals surface area contributed by atoms with Gasteiger partial charge in [0, 0.05) is 109 Å². The molecule has 150 heavy (non-hydrogen) atoms. The van der Waals surface area contributed by atoms with E-state index in [1.165, 1.54) is 74.2 Å². The number of ether oxygens (including phenoxy) is 2. The second-order valence-corrected chi connectivity index (χ2v) is 46.1. The molecule has 0 bridgehead atoms. The zero-order chi connectivity index (χ0) is 108. The molecule has 26 nitrogen and oxygen atoms in total. The number of pyridine rings is 4. The molecule has 4 aromatic heterocycles. The number of allylic oxidation sites excluding steroid dienone is 1. The number of fused-ring (bicyclic) bond motifs is 3. The number of nitriles is 1. The summed E-state index contributed by atoms with van der Waals surface area (Å²) in [6.45, 7) is 33.5. The molecular weight excluding hydrogens is 2040 g/mol. The van der Waals surface area contributed by atoms with E-state index >= 15 is 0 Å². The van der Waals surface area contributed by atoms with E-state index in [1.54, 1.807) is 81.4 Å². The second kappa shape index (κ2) is 45.0. The van der Waals surface area contributed by atoms with Crippen LogP contribution in [0.1, 0.15) is 235 Å². The first-order valence-corrected chi connectivity index (χ1v) is 53.8. The third-order valence-corrected chi connectivity index (χ3v) is 31.8. The number of amidine groups is 2. The first-order valence-electron chi connectivity index (χ1n) is 51.5. The lowest BCUT2D eigenvalue weighted by Crippen LogP contribution is -2.61. The number of hydrogen-bond acceptors (Lipinski definition) is 19. The average Bonchev–Trinajstić information content (AvgIpc) is 1.57. The van der Waals surface area contributed by atoms with Gasteiger partial charge in [-0.1, -0.05) is 120 Å². The Hall–Kier alpha value is -11.6. The molecule has 8 aromatic rings. The third kappa shape index (κ3) is 23.6. The van der Waals surface area contributed by atoms with Crippen LogP contribution in [-0.2, 0) is 49.7 Å². The normalized spacial score (nSPS) is 22.2. The van der Waals surface area contributed by atoms with Crippen molar-refractivity contribution in [2.75, 3.05) is 39.3 Å². The van der Waals surface area contributed by atoms with Crippen molar-refractivity contribution in [3.8, 4) is 51.1 Å². The van der Waals surface area contributed by atoms with Crippen LogP contribution in [0.3, 0.4) is 0 Å². The van der Waals surface area contributed by atoms with Crippen molar-refractivity contribution in [3.63, 3.8) is 0 Å². The number of rotatable bonds is 15. The molecule has 792 valence electrons. The highest BCUT2D eigenvalue weighted by Crippen LogP contribution is 2.65. The number of halogens is 10. The molecule has 3 saturated heterocycles. The number of amides is 8. The number of nitrogens with two attached hydrogens (primary N) is 1. The molecule has 0 radical (unpaired) electrons. The Balaban J connectivity index is 0.000000134. The van der Waals surface area contributed by atoms with Gasteiger partial charge in [0.2, 0.25) is 17.1 Å². The summed E-state index contributed by atoms with van der Waals surface area (Å²) in [6, 6.07) is 34.1. The lowest BCUT2D eigenvalue weighted by atomic mass is 9.70. The number of benzene rings is 4. The summed E-state index contributed by atoms with van der Waals surface area (Å²) in [5.41, 5.74) is 7.76. The molecular formula is C114H125Cl6F4N15O11. The predicted molar refractivity (Wildman–Crippen MR) is 571 cm³/mol. The summed E-state index contributed by atoms with van der Waals surface area (Å²) in [6.07, 6.45) is 18.5. The number of imide groups is 1. The number of primary amides is 1. The minimum atomic E-state index is -0.795. The highest BCUT2D eigenvalue weighted by Gasteiger charge is 2.67. The van der Waals surface area contributed by atoms with Crippen LogP contribution in [-0.4, -0.2) is 196 Å². The Kier molecular flexibility index (Phi) is 33.3. The van der Waals surface area contributed by atoms with E-state index in [9.17, 15) is 60.7 Å². The Labute approximate surface area is 901 Å². The Morgan fingerprint density at radius 1 is 0.453 bits per heavy atom. The number of carbonyl (C=O) groups excluding carboxylic acids is 9. The number of hydrogen-bond donors (Lipinski definition) is 3. The smallest absolute Gasteiger partial charge is 0.410 e. The maximum Gasteiger partial charge on any atom is 0.410 e. The summed E-state index contributed by atoms with van der Waals surface area (Å²) in [4.78, 5) is 149. The monoisotopic (exact) mass is 2170 g/mol. The van der Waals surface area contributed by atoms with Gasteiger partial charge in [-0.15, -0.1) is 0 Å². The molecule has 4 aromatic carbocycles. The maximum absolute atomic E-state index is 14.9. The van der Waals surface area contributed by atoms with Gasteiger partial charge in [0.05, 0.1) is 99.3 Å². The van der Waals surface area contributed by atoms with Crippen molar-refractivity contribution >= 4 is 134 Å². The van der Waals surface area contributed by atoms with E-state index < -0.39 is 67.8 Å². The number of carbonyl (C=O) groups is 9. The van der Waals surface area contributed by atoms with Crippen LogP contribution in [0.2, 0.25) is 25.2 Å². The van der Waals surface area contributed by atoms with Crippen LogP contribution >= 0.6 is 69.6 Å². The number of aliphatic imine (C=N–C) groups is 2. The van der Waals surface area contributed by atoms with Gasteiger partial charge in [0.1, 0.15) is 51.3 Å². The Morgan fingerprint density at radius 3 is 1.11 bits per heavy atom. The van der Waals surface area contributed by atoms with E-state index in [2.05, 4.69) is 56.6 Å². The van der Waals surface area contributed by atoms with Crippen molar-refractivity contribution in [2.24, 2.45) is 69.0 Å². The van der Waals surface area contributed by atoms with E-state index in [0.717, 1.165) is 119 Å². The number of piperazine rings is 3. The fourth-order valence-electron chi connectivity index (χ4n) is 21.9. The number of aromatic nitrogens is 4. The standard InChI is InChI=1S/C31H36ClFN4O3.C29H30ClFN4O2.C20H16ClFN2O2.C12H7Cl2FN2O.C11H22N2O2.C8H11N.C3H3ClO/c1-17-16-37(29(39)40-30(3,4)5)18(2)15-36(17)27-22-14-23(32)25(21-8-6-7-9-24(21)33)34-26(22)31(19-10-11-19,20-12-13-20)28(38)35-27;1-4-24(36)34-14-17(3)35(15-16(34)2)27-21-13-22(30)25(20-7-5-6-8-23(20)31)32-26(21)29(18-9-10-18,19-11-12-19)28(37)33-27;21-14-9-13-17(23-16(14)12-3-1-2-4-15(12)22)20(10-5-6-10,11-7-8-11)19(26)24-18(13)25;13-8-5-7(12(16)18)11(14)17-10(8)6-3-1-2-4-9(6)15;1-8-7-13(9(2)6-12-8)10(14)15-11(3,4)5;9-5-8(6-1-2-6)7-3-4-7;1-2-3(4)5/h6-9,14,17-20H,10-13,15-16H2,1-5H3;4-8,13,16-19H,1,9-12,14-15H2,2-3H3;1-4,9-11H,5-8H2,(H,24,25,26);1-5H,(H2,16,18);8-9,12H,6-7H2,1-5H3;6-8H,1-4H2;2H,1H2/t17-,18+;16-,17+;;;8-,9+;;/m01..0../s1. The molecule has 8 aliphatic carbocycles. The molecule has 36 heteroatoms. The summed E-state index contributed by atoms with van der Waals surface area (Å²) in [5, 5.41) is 14.9. The van der Waals surface area contributed by atoms with Crippen molar-refractivity contribution in [1.29, 1.82) is 5.26 Å². The molecule has 22 rings (SSSR count). The minimum absolute atomic E-state index is 0.00163. The van der Waals surface area contributed by atoms with Gasteiger partial charge >= 0.3 is 12.2 Å². The lowest BCUT2D eigenvalue weighted by molar-refractivity contribution is -0.131. The average molecular weight is 2170 g/mol. The Bertz CT molecular complexity index is 6710. The van der Waals surface area contributed by atoms with E-state index in [0.29, 0.717) is 105 Å². The fraction of sp³-hybridized carbons (Fsp3) is 0.474. The van der Waals surface area contributed by atoms with Gasteiger partial charge in [-0.05, 0) is 330 Å². The van der Waals surface area contributed by atoms with Gasteiger partial charge in [-0.3, -0.25) is 38.9 Å². The summed E-state index contributed by atoms with van der Waals surface area (Å²) < 4.78 is 68.7. The van der Waals surface area contributed by atoms with E-state index in [-0.39, 0.29) is 145 Å². The maximum atomic E-state index is 14.9. The van der Waals surface area contributed by atoms with Gasteiger partial charge < -0.3 is 45.0 Å². The predicted octanol–water partition coefficient (Wildman–Crippen LogP) is 22.9. The fourth-order valence-corrected chi connectivity index (χ4v) is 23.1. The molecule has 6 atom stereocenters. The number of nitrogens with one attached hydrogen (secondary N) is 2. The zero-order valence-corrected chi connectivity index (χ0v) is 90.6. The van der Waals surface area contributed by atoms with Crippen LogP contribution in [0.4, 0.5) is 27.2 Å². The molecule has 6 aliphatic heterocycles. The molecule has 14 aliphatic rings. The van der Waals surface area contributed by atoms with Crippen molar-refractivity contribution < 1.29 is 70.2 Å². The van der Waals surface area contributed by atoms with Gasteiger partial charge in [-0.2, -0.15) is 15.2 Å². The molecule has 0 spiro atoms. The summed E-state index contributed by atoms with van der Waals surface area (Å²) >= 11 is 36.4. The summed E-state index contributed by atoms with van der Waals surface area (Å²) in [5.74, 6) is 0.677. The molecule has 4 N–H and O–H groups in total. The number of nitrogens with zero attached hydrogens (tertiary/aromatic N) is 12.